The van der Waals surface area contributed by atoms with Gasteiger partial charge in [-0.15, -0.1) is 11.3 Å². The highest BCUT2D eigenvalue weighted by Gasteiger charge is 2.11. The Morgan fingerprint density at radius 2 is 2.00 bits per heavy atom. The third kappa shape index (κ3) is 4.58. The van der Waals surface area contributed by atoms with E-state index in [1.165, 1.54) is 18.3 Å². The maximum absolute atomic E-state index is 12.0. The summed E-state index contributed by atoms with van der Waals surface area (Å²) in [6.45, 7) is 1.82. The summed E-state index contributed by atoms with van der Waals surface area (Å²) >= 11 is 7.30. The molecule has 0 aliphatic rings. The highest BCUT2D eigenvalue weighted by atomic mass is 35.5. The third-order valence-electron chi connectivity index (χ3n) is 2.64. The van der Waals surface area contributed by atoms with Gasteiger partial charge in [0.15, 0.2) is 6.61 Å². The zero-order chi connectivity index (χ0) is 15.2. The van der Waals surface area contributed by atoms with Crippen LogP contribution in [0.15, 0.2) is 36.4 Å². The Morgan fingerprint density at radius 3 is 2.71 bits per heavy atom. The molecule has 21 heavy (non-hydrogen) atoms. The topological polar surface area (TPSA) is 55.4 Å². The summed E-state index contributed by atoms with van der Waals surface area (Å²) in [7, 11) is 0. The van der Waals surface area contributed by atoms with Gasteiger partial charge in [-0.05, 0) is 24.3 Å². The number of halogens is 1. The molecule has 110 valence electrons. The van der Waals surface area contributed by atoms with Crippen LogP contribution in [0.1, 0.15) is 21.5 Å². The van der Waals surface area contributed by atoms with Gasteiger partial charge in [0.25, 0.3) is 0 Å². The minimum absolute atomic E-state index is 0.0657. The largest absolute Gasteiger partial charge is 0.484 e. The number of benzene rings is 1. The van der Waals surface area contributed by atoms with Crippen LogP contribution in [0.5, 0.6) is 5.75 Å². The van der Waals surface area contributed by atoms with E-state index < -0.39 is 0 Å². The average Bonchev–Trinajstić information content (AvgIpc) is 2.93. The van der Waals surface area contributed by atoms with Gasteiger partial charge < -0.3 is 10.1 Å². The van der Waals surface area contributed by atoms with Crippen molar-refractivity contribution in [2.24, 2.45) is 0 Å². The highest BCUT2D eigenvalue weighted by molar-refractivity contribution is 7.14. The van der Waals surface area contributed by atoms with Crippen LogP contribution in [-0.4, -0.2) is 18.3 Å². The number of nitrogens with one attached hydrogen (secondary N) is 1. The van der Waals surface area contributed by atoms with Crippen LogP contribution in [0.4, 0.5) is 0 Å². The van der Waals surface area contributed by atoms with Crippen molar-refractivity contribution in [2.75, 3.05) is 6.61 Å². The van der Waals surface area contributed by atoms with Crippen molar-refractivity contribution < 1.29 is 14.3 Å². The molecule has 0 fully saturated rings. The number of thiophene rings is 1. The standard InChI is InChI=1S/C15H14ClNO3S/c1-10(18)17-8-11-6-7-15(21-11)13(19)9-20-14-5-3-2-4-12(14)16/h2-7H,8-9H2,1H3,(H,17,18). The number of para-hydroxylation sites is 1. The number of carbonyl (C=O) groups is 2. The lowest BCUT2D eigenvalue weighted by Crippen LogP contribution is -2.18. The molecule has 0 radical (unpaired) electrons. The Labute approximate surface area is 131 Å². The Kier molecular flexibility index (Phi) is 5.36. The van der Waals surface area contributed by atoms with Crippen molar-refractivity contribution in [3.05, 3.63) is 51.2 Å². The molecule has 0 saturated heterocycles. The van der Waals surface area contributed by atoms with Crippen molar-refractivity contribution in [1.82, 2.24) is 5.32 Å². The summed E-state index contributed by atoms with van der Waals surface area (Å²) in [4.78, 5) is 24.4. The van der Waals surface area contributed by atoms with E-state index in [0.29, 0.717) is 22.2 Å². The summed E-state index contributed by atoms with van der Waals surface area (Å²) in [5, 5.41) is 3.17. The summed E-state index contributed by atoms with van der Waals surface area (Å²) in [6.07, 6.45) is 0. The van der Waals surface area contributed by atoms with Crippen molar-refractivity contribution in [2.45, 2.75) is 13.5 Å². The van der Waals surface area contributed by atoms with E-state index in [1.54, 1.807) is 30.3 Å². The van der Waals surface area contributed by atoms with Crippen LogP contribution < -0.4 is 10.1 Å². The van der Waals surface area contributed by atoms with Crippen LogP contribution in [0.2, 0.25) is 5.02 Å². The van der Waals surface area contributed by atoms with Crippen LogP contribution in [0, 0.1) is 0 Å². The fraction of sp³-hybridized carbons (Fsp3) is 0.200. The van der Waals surface area contributed by atoms with Gasteiger partial charge in [0.1, 0.15) is 5.75 Å². The first-order valence-corrected chi connectivity index (χ1v) is 7.49. The number of hydrogen-bond donors (Lipinski definition) is 1. The summed E-state index contributed by atoms with van der Waals surface area (Å²) in [5.41, 5.74) is 0. The fourth-order valence-electron chi connectivity index (χ4n) is 1.61. The van der Waals surface area contributed by atoms with E-state index in [2.05, 4.69) is 5.32 Å². The Bertz CT molecular complexity index is 654. The van der Waals surface area contributed by atoms with Gasteiger partial charge in [0.05, 0.1) is 16.4 Å². The summed E-state index contributed by atoms with van der Waals surface area (Å²) in [5.74, 6) is 0.273. The fourth-order valence-corrected chi connectivity index (χ4v) is 2.67. The molecule has 0 spiro atoms. The number of ether oxygens (including phenoxy) is 1. The average molecular weight is 324 g/mol. The van der Waals surface area contributed by atoms with Gasteiger partial charge in [0.2, 0.25) is 11.7 Å². The smallest absolute Gasteiger partial charge is 0.217 e. The van der Waals surface area contributed by atoms with Crippen molar-refractivity contribution in [1.29, 1.82) is 0 Å². The first kappa shape index (κ1) is 15.5. The van der Waals surface area contributed by atoms with Gasteiger partial charge in [-0.2, -0.15) is 0 Å². The molecule has 0 atom stereocenters. The molecule has 1 heterocycles. The van der Waals surface area contributed by atoms with Gasteiger partial charge in [-0.25, -0.2) is 0 Å². The predicted molar refractivity (Wildman–Crippen MR) is 83.1 cm³/mol. The third-order valence-corrected chi connectivity index (χ3v) is 4.08. The van der Waals surface area contributed by atoms with E-state index in [1.807, 2.05) is 6.07 Å². The quantitative estimate of drug-likeness (QED) is 0.830. The molecule has 0 bridgehead atoms. The Morgan fingerprint density at radius 1 is 1.24 bits per heavy atom. The molecule has 0 unspecified atom stereocenters. The van der Waals surface area contributed by atoms with Crippen LogP contribution in [-0.2, 0) is 11.3 Å². The second kappa shape index (κ2) is 7.24. The molecule has 0 aliphatic carbocycles. The zero-order valence-corrected chi connectivity index (χ0v) is 13.0. The predicted octanol–water partition coefficient (Wildman–Crippen LogP) is 3.30. The molecule has 4 nitrogen and oxygen atoms in total. The molecule has 6 heteroatoms. The first-order chi connectivity index (χ1) is 10.1. The Balaban J connectivity index is 1.92. The van der Waals surface area contributed by atoms with Crippen LogP contribution in [0.25, 0.3) is 0 Å². The SMILES string of the molecule is CC(=O)NCc1ccc(C(=O)COc2ccccc2Cl)s1. The molecule has 2 aromatic rings. The van der Waals surface area contributed by atoms with Crippen LogP contribution >= 0.6 is 22.9 Å². The molecular formula is C15H14ClNO3S. The highest BCUT2D eigenvalue weighted by Crippen LogP contribution is 2.24. The summed E-state index contributed by atoms with van der Waals surface area (Å²) in [6, 6.07) is 10.6. The molecular weight excluding hydrogens is 310 g/mol. The second-order valence-electron chi connectivity index (χ2n) is 4.32. The summed E-state index contributed by atoms with van der Waals surface area (Å²) < 4.78 is 5.42. The number of Topliss-reactive ketones (excluding diaryl/α,β-unsaturated/α-hetero) is 1. The number of rotatable bonds is 6. The second-order valence-corrected chi connectivity index (χ2v) is 5.89. The molecule has 1 aromatic carbocycles. The monoisotopic (exact) mass is 323 g/mol. The molecule has 0 saturated carbocycles. The molecule has 1 aromatic heterocycles. The minimum atomic E-state index is -0.117. The van der Waals surface area contributed by atoms with Crippen molar-refractivity contribution in [3.63, 3.8) is 0 Å². The minimum Gasteiger partial charge on any atom is -0.484 e. The van der Waals surface area contributed by atoms with E-state index >= 15 is 0 Å². The first-order valence-electron chi connectivity index (χ1n) is 6.30. The van der Waals surface area contributed by atoms with E-state index in [9.17, 15) is 9.59 Å². The maximum atomic E-state index is 12.0. The Hall–Kier alpha value is -1.85. The zero-order valence-electron chi connectivity index (χ0n) is 11.4. The van der Waals surface area contributed by atoms with Crippen molar-refractivity contribution in [3.8, 4) is 5.75 Å². The van der Waals surface area contributed by atoms with Crippen LogP contribution in [0.3, 0.4) is 0 Å². The lowest BCUT2D eigenvalue weighted by atomic mass is 10.3. The number of amides is 1. The lowest BCUT2D eigenvalue weighted by Gasteiger charge is -2.05. The molecule has 1 amide bonds. The van der Waals surface area contributed by atoms with Gasteiger partial charge in [0, 0.05) is 11.8 Å². The van der Waals surface area contributed by atoms with Gasteiger partial charge >= 0.3 is 0 Å². The van der Waals surface area contributed by atoms with Gasteiger partial charge in [-0.1, -0.05) is 23.7 Å². The molecule has 0 aliphatic heterocycles. The van der Waals surface area contributed by atoms with E-state index in [0.717, 1.165) is 4.88 Å². The van der Waals surface area contributed by atoms with E-state index in [-0.39, 0.29) is 18.3 Å². The molecule has 1 N–H and O–H groups in total. The number of hydrogen-bond acceptors (Lipinski definition) is 4. The van der Waals surface area contributed by atoms with Crippen molar-refractivity contribution >= 4 is 34.6 Å². The molecule has 2 rings (SSSR count). The number of ketones is 1. The van der Waals surface area contributed by atoms with E-state index in [4.69, 9.17) is 16.3 Å². The number of carbonyl (C=O) groups excluding carboxylic acids is 2. The maximum Gasteiger partial charge on any atom is 0.217 e. The van der Waals surface area contributed by atoms with Gasteiger partial charge in [-0.3, -0.25) is 9.59 Å². The lowest BCUT2D eigenvalue weighted by molar-refractivity contribution is -0.119. The normalized spacial score (nSPS) is 10.2.